The van der Waals surface area contributed by atoms with Gasteiger partial charge in [-0.05, 0) is 24.7 Å². The molecule has 0 N–H and O–H groups in total. The van der Waals surface area contributed by atoms with Gasteiger partial charge in [-0.1, -0.05) is 27.2 Å². The van der Waals surface area contributed by atoms with E-state index in [0.29, 0.717) is 12.5 Å². The van der Waals surface area contributed by atoms with E-state index >= 15 is 0 Å². The number of piperidine rings is 1. The van der Waals surface area contributed by atoms with Crippen molar-refractivity contribution in [3.8, 4) is 0 Å². The molecule has 0 aromatic heterocycles. The minimum Gasteiger partial charge on any atom is -0.449 e. The molecule has 0 aromatic rings. The number of hydrogen-bond donors (Lipinski definition) is 0. The maximum absolute atomic E-state index is 11.6. The average Bonchev–Trinajstić information content (AvgIpc) is 2.22. The highest BCUT2D eigenvalue weighted by molar-refractivity contribution is 5.67. The molecule has 1 aliphatic rings. The van der Waals surface area contributed by atoms with Gasteiger partial charge in [-0.3, -0.25) is 0 Å². The summed E-state index contributed by atoms with van der Waals surface area (Å²) >= 11 is 0. The van der Waals surface area contributed by atoms with Gasteiger partial charge in [0.2, 0.25) is 0 Å². The van der Waals surface area contributed by atoms with E-state index in [0.717, 1.165) is 38.3 Å². The number of carbonyl (C=O) groups is 1. The van der Waals surface area contributed by atoms with Gasteiger partial charge in [0.25, 0.3) is 0 Å². The molecule has 3 heteroatoms. The fourth-order valence-electron chi connectivity index (χ4n) is 1.82. The third kappa shape index (κ3) is 3.73. The maximum Gasteiger partial charge on any atom is 0.409 e. The number of hydrogen-bond acceptors (Lipinski definition) is 2. The Bertz CT molecular complexity index is 206. The molecule has 1 aliphatic heterocycles. The van der Waals surface area contributed by atoms with Crippen molar-refractivity contribution in [3.63, 3.8) is 0 Å². The number of carbonyl (C=O) groups excluding carboxylic acids is 1. The fraction of sp³-hybridized carbons (Fsp3) is 0.917. The Morgan fingerprint density at radius 3 is 2.73 bits per heavy atom. The van der Waals surface area contributed by atoms with Gasteiger partial charge in [0.05, 0.1) is 6.61 Å². The molecule has 1 heterocycles. The van der Waals surface area contributed by atoms with Crippen molar-refractivity contribution in [1.29, 1.82) is 0 Å². The summed E-state index contributed by atoms with van der Waals surface area (Å²) in [5.41, 5.74) is 0. The van der Waals surface area contributed by atoms with E-state index < -0.39 is 0 Å². The molecule has 2 atom stereocenters. The summed E-state index contributed by atoms with van der Waals surface area (Å²) in [7, 11) is 0. The molecule has 0 spiro atoms. The van der Waals surface area contributed by atoms with Gasteiger partial charge in [0.15, 0.2) is 0 Å². The van der Waals surface area contributed by atoms with Crippen LogP contribution in [0.1, 0.15) is 40.0 Å². The van der Waals surface area contributed by atoms with Crippen LogP contribution in [-0.2, 0) is 4.74 Å². The van der Waals surface area contributed by atoms with Gasteiger partial charge in [-0.15, -0.1) is 0 Å². The van der Waals surface area contributed by atoms with Crippen LogP contribution >= 0.6 is 0 Å². The second-order valence-corrected chi connectivity index (χ2v) is 4.66. The lowest BCUT2D eigenvalue weighted by atomic mass is 9.89. The quantitative estimate of drug-likeness (QED) is 0.675. The molecular weight excluding hydrogens is 190 g/mol. The lowest BCUT2D eigenvalue weighted by Gasteiger charge is -2.34. The second-order valence-electron chi connectivity index (χ2n) is 4.66. The summed E-state index contributed by atoms with van der Waals surface area (Å²) in [6.45, 7) is 8.83. The molecule has 0 bridgehead atoms. The summed E-state index contributed by atoms with van der Waals surface area (Å²) in [5, 5.41) is 0. The first kappa shape index (κ1) is 12.3. The van der Waals surface area contributed by atoms with E-state index in [1.54, 1.807) is 0 Å². The van der Waals surface area contributed by atoms with Gasteiger partial charge >= 0.3 is 6.09 Å². The average molecular weight is 213 g/mol. The molecule has 0 aliphatic carbocycles. The lowest BCUT2D eigenvalue weighted by Crippen LogP contribution is -2.42. The molecule has 0 aromatic carbocycles. The highest BCUT2D eigenvalue weighted by atomic mass is 16.6. The van der Waals surface area contributed by atoms with Crippen LogP contribution in [0, 0.1) is 11.8 Å². The number of unbranched alkanes of at least 4 members (excludes halogenated alkanes) is 1. The van der Waals surface area contributed by atoms with Crippen LogP contribution in [0.4, 0.5) is 4.79 Å². The fourth-order valence-corrected chi connectivity index (χ4v) is 1.82. The van der Waals surface area contributed by atoms with Crippen LogP contribution in [0.2, 0.25) is 0 Å². The SMILES string of the molecule is CCCCOC(=O)N1CC[C@@H](C)[C@H](C)C1. The lowest BCUT2D eigenvalue weighted by molar-refractivity contribution is 0.0742. The smallest absolute Gasteiger partial charge is 0.409 e. The van der Waals surface area contributed by atoms with E-state index in [-0.39, 0.29) is 6.09 Å². The van der Waals surface area contributed by atoms with E-state index in [4.69, 9.17) is 4.74 Å². The van der Waals surface area contributed by atoms with Crippen molar-refractivity contribution < 1.29 is 9.53 Å². The Labute approximate surface area is 92.8 Å². The highest BCUT2D eigenvalue weighted by Crippen LogP contribution is 2.22. The van der Waals surface area contributed by atoms with Crippen LogP contribution in [0.25, 0.3) is 0 Å². The number of amides is 1. The minimum absolute atomic E-state index is 0.123. The summed E-state index contributed by atoms with van der Waals surface area (Å²) in [5.74, 6) is 1.32. The van der Waals surface area contributed by atoms with E-state index in [9.17, 15) is 4.79 Å². The molecule has 0 unspecified atom stereocenters. The molecule has 1 amide bonds. The van der Waals surface area contributed by atoms with Gasteiger partial charge in [0.1, 0.15) is 0 Å². The normalized spacial score (nSPS) is 26.5. The number of likely N-dealkylation sites (tertiary alicyclic amines) is 1. The highest BCUT2D eigenvalue weighted by Gasteiger charge is 2.26. The largest absolute Gasteiger partial charge is 0.449 e. The van der Waals surface area contributed by atoms with Crippen LogP contribution in [0.3, 0.4) is 0 Å². The molecule has 1 rings (SSSR count). The van der Waals surface area contributed by atoms with Crippen molar-refractivity contribution in [2.75, 3.05) is 19.7 Å². The topological polar surface area (TPSA) is 29.5 Å². The Hall–Kier alpha value is -0.730. The predicted octanol–water partition coefficient (Wildman–Crippen LogP) is 2.90. The number of ether oxygens (including phenoxy) is 1. The maximum atomic E-state index is 11.6. The van der Waals surface area contributed by atoms with Crippen molar-refractivity contribution >= 4 is 6.09 Å². The summed E-state index contributed by atoms with van der Waals surface area (Å²) in [4.78, 5) is 13.5. The van der Waals surface area contributed by atoms with E-state index in [1.165, 1.54) is 0 Å². The van der Waals surface area contributed by atoms with Crippen LogP contribution in [0.15, 0.2) is 0 Å². The van der Waals surface area contributed by atoms with Crippen molar-refractivity contribution in [2.24, 2.45) is 11.8 Å². The van der Waals surface area contributed by atoms with E-state index in [1.807, 2.05) is 4.90 Å². The molecule has 1 saturated heterocycles. The van der Waals surface area contributed by atoms with Gasteiger partial charge in [-0.25, -0.2) is 4.79 Å². The Morgan fingerprint density at radius 2 is 2.13 bits per heavy atom. The molecule has 1 fully saturated rings. The minimum atomic E-state index is -0.123. The summed E-state index contributed by atoms with van der Waals surface area (Å²) < 4.78 is 5.19. The summed E-state index contributed by atoms with van der Waals surface area (Å²) in [6.07, 6.45) is 3.01. The Balaban J connectivity index is 2.28. The first-order valence-electron chi connectivity index (χ1n) is 6.06. The van der Waals surface area contributed by atoms with Gasteiger partial charge in [-0.2, -0.15) is 0 Å². The van der Waals surface area contributed by atoms with Gasteiger partial charge in [0, 0.05) is 13.1 Å². The predicted molar refractivity (Wildman–Crippen MR) is 60.8 cm³/mol. The molecule has 88 valence electrons. The molecular formula is C12H23NO2. The standard InChI is InChI=1S/C12H23NO2/c1-4-5-8-15-12(14)13-7-6-10(2)11(3)9-13/h10-11H,4-9H2,1-3H3/t10-,11-/m1/s1. The van der Waals surface area contributed by atoms with E-state index in [2.05, 4.69) is 20.8 Å². The monoisotopic (exact) mass is 213 g/mol. The van der Waals surface area contributed by atoms with Crippen LogP contribution in [0.5, 0.6) is 0 Å². The first-order valence-corrected chi connectivity index (χ1v) is 6.06. The third-order valence-corrected chi connectivity index (χ3v) is 3.32. The van der Waals surface area contributed by atoms with Crippen molar-refractivity contribution in [3.05, 3.63) is 0 Å². The van der Waals surface area contributed by atoms with Gasteiger partial charge < -0.3 is 9.64 Å². The Kier molecular flexibility index (Phi) is 4.92. The van der Waals surface area contributed by atoms with Crippen LogP contribution in [-0.4, -0.2) is 30.7 Å². The summed E-state index contributed by atoms with van der Waals surface area (Å²) in [6, 6.07) is 0. The molecule has 0 radical (unpaired) electrons. The zero-order valence-corrected chi connectivity index (χ0v) is 10.2. The zero-order chi connectivity index (χ0) is 11.3. The number of rotatable bonds is 3. The molecule has 0 saturated carbocycles. The van der Waals surface area contributed by atoms with Crippen molar-refractivity contribution in [1.82, 2.24) is 4.90 Å². The first-order chi connectivity index (χ1) is 7.15. The molecule has 3 nitrogen and oxygen atoms in total. The Morgan fingerprint density at radius 1 is 1.40 bits per heavy atom. The van der Waals surface area contributed by atoms with Crippen LogP contribution < -0.4 is 0 Å². The zero-order valence-electron chi connectivity index (χ0n) is 10.2. The second kappa shape index (κ2) is 5.99. The molecule has 15 heavy (non-hydrogen) atoms. The number of nitrogens with zero attached hydrogens (tertiary/aromatic N) is 1. The van der Waals surface area contributed by atoms with Crippen molar-refractivity contribution in [2.45, 2.75) is 40.0 Å². The third-order valence-electron chi connectivity index (χ3n) is 3.32.